The fraction of sp³-hybridized carbons (Fsp3) is 0.455. The average Bonchev–Trinajstić information content (AvgIpc) is 2.45. The lowest BCUT2D eigenvalue weighted by Crippen LogP contribution is -2.36. The second kappa shape index (κ2) is 3.04. The Morgan fingerprint density at radius 3 is 2.69 bits per heavy atom. The van der Waals surface area contributed by atoms with E-state index in [1.807, 2.05) is 25.1 Å². The molecule has 13 heavy (non-hydrogen) atoms. The Balaban J connectivity index is 2.32. The highest BCUT2D eigenvalue weighted by atomic mass is 16.5. The van der Waals surface area contributed by atoms with E-state index in [4.69, 9.17) is 10.5 Å². The van der Waals surface area contributed by atoms with Gasteiger partial charge in [-0.1, -0.05) is 25.1 Å². The first-order valence-corrected chi connectivity index (χ1v) is 4.71. The van der Waals surface area contributed by atoms with Crippen LogP contribution in [0.2, 0.25) is 0 Å². The first kappa shape index (κ1) is 8.57. The summed E-state index contributed by atoms with van der Waals surface area (Å²) in [6.07, 6.45) is 0.136. The van der Waals surface area contributed by atoms with Crippen LogP contribution in [0.1, 0.15) is 25.3 Å². The van der Waals surface area contributed by atoms with Gasteiger partial charge in [-0.3, -0.25) is 0 Å². The van der Waals surface area contributed by atoms with Gasteiger partial charge in [0.2, 0.25) is 0 Å². The summed E-state index contributed by atoms with van der Waals surface area (Å²) in [4.78, 5) is 0. The average molecular weight is 177 g/mol. The van der Waals surface area contributed by atoms with E-state index in [0.29, 0.717) is 5.92 Å². The van der Waals surface area contributed by atoms with E-state index in [2.05, 4.69) is 13.0 Å². The van der Waals surface area contributed by atoms with E-state index in [0.717, 1.165) is 5.75 Å². The highest BCUT2D eigenvalue weighted by molar-refractivity contribution is 5.40. The van der Waals surface area contributed by atoms with E-state index in [1.54, 1.807) is 0 Å². The van der Waals surface area contributed by atoms with Crippen molar-refractivity contribution in [3.8, 4) is 5.75 Å². The predicted octanol–water partition coefficient (Wildman–Crippen LogP) is 1.90. The zero-order valence-corrected chi connectivity index (χ0v) is 8.03. The van der Waals surface area contributed by atoms with Gasteiger partial charge in [0, 0.05) is 17.5 Å². The second-order valence-electron chi connectivity index (χ2n) is 3.77. The Bertz CT molecular complexity index is 309. The molecule has 70 valence electrons. The molecule has 2 N–H and O–H groups in total. The SMILES string of the molecule is C[C@H](N)[C@H]1Oc2ccccc2[C@@H]1C. The van der Waals surface area contributed by atoms with Crippen LogP contribution in [0.15, 0.2) is 24.3 Å². The van der Waals surface area contributed by atoms with Crippen molar-refractivity contribution in [2.75, 3.05) is 0 Å². The summed E-state index contributed by atoms with van der Waals surface area (Å²) in [5.74, 6) is 1.41. The molecule has 0 saturated carbocycles. The van der Waals surface area contributed by atoms with Gasteiger partial charge >= 0.3 is 0 Å². The molecule has 0 aliphatic carbocycles. The summed E-state index contributed by atoms with van der Waals surface area (Å²) in [6, 6.07) is 8.25. The number of nitrogens with two attached hydrogens (primary N) is 1. The summed E-state index contributed by atoms with van der Waals surface area (Å²) >= 11 is 0. The van der Waals surface area contributed by atoms with Crippen molar-refractivity contribution in [2.45, 2.75) is 31.9 Å². The molecule has 0 spiro atoms. The standard InChI is InChI=1S/C11H15NO/c1-7-9-5-3-4-6-10(9)13-11(7)8(2)12/h3-8,11H,12H2,1-2H3/t7-,8-,11-/m0/s1. The Kier molecular flexibility index (Phi) is 2.00. The van der Waals surface area contributed by atoms with E-state index in [-0.39, 0.29) is 12.1 Å². The molecule has 1 aliphatic rings. The summed E-state index contributed by atoms with van der Waals surface area (Å²) in [6.45, 7) is 4.16. The summed E-state index contributed by atoms with van der Waals surface area (Å²) < 4.78 is 5.76. The van der Waals surface area contributed by atoms with Crippen molar-refractivity contribution in [1.29, 1.82) is 0 Å². The lowest BCUT2D eigenvalue weighted by molar-refractivity contribution is 0.185. The molecular formula is C11H15NO. The summed E-state index contributed by atoms with van der Waals surface area (Å²) in [5, 5.41) is 0. The van der Waals surface area contributed by atoms with Crippen LogP contribution >= 0.6 is 0 Å². The van der Waals surface area contributed by atoms with Gasteiger partial charge in [0.05, 0.1) is 0 Å². The molecule has 2 nitrogen and oxygen atoms in total. The van der Waals surface area contributed by atoms with Crippen molar-refractivity contribution in [3.63, 3.8) is 0 Å². The quantitative estimate of drug-likeness (QED) is 0.711. The minimum Gasteiger partial charge on any atom is -0.488 e. The van der Waals surface area contributed by atoms with E-state index >= 15 is 0 Å². The molecule has 1 aliphatic heterocycles. The molecule has 2 rings (SSSR count). The molecule has 1 aromatic rings. The van der Waals surface area contributed by atoms with Crippen molar-refractivity contribution in [1.82, 2.24) is 0 Å². The highest BCUT2D eigenvalue weighted by Crippen LogP contribution is 2.38. The van der Waals surface area contributed by atoms with E-state index in [9.17, 15) is 0 Å². The van der Waals surface area contributed by atoms with Crippen LogP contribution in [-0.2, 0) is 0 Å². The summed E-state index contributed by atoms with van der Waals surface area (Å²) in [5.41, 5.74) is 7.12. The molecule has 0 saturated heterocycles. The lowest BCUT2D eigenvalue weighted by Gasteiger charge is -2.18. The van der Waals surface area contributed by atoms with Gasteiger partial charge in [0.25, 0.3) is 0 Å². The number of ether oxygens (including phenoxy) is 1. The third-order valence-corrected chi connectivity index (χ3v) is 2.68. The minimum atomic E-state index is 0.0856. The number of para-hydroxylation sites is 1. The molecular weight excluding hydrogens is 162 g/mol. The van der Waals surface area contributed by atoms with Crippen molar-refractivity contribution < 1.29 is 4.74 Å². The first-order chi connectivity index (χ1) is 6.20. The maximum Gasteiger partial charge on any atom is 0.123 e. The second-order valence-corrected chi connectivity index (χ2v) is 3.77. The van der Waals surface area contributed by atoms with E-state index < -0.39 is 0 Å². The number of fused-ring (bicyclic) bond motifs is 1. The van der Waals surface area contributed by atoms with Gasteiger partial charge in [0.1, 0.15) is 11.9 Å². The third kappa shape index (κ3) is 1.31. The van der Waals surface area contributed by atoms with Crippen LogP contribution in [0.4, 0.5) is 0 Å². The van der Waals surface area contributed by atoms with Crippen LogP contribution in [0.3, 0.4) is 0 Å². The fourth-order valence-electron chi connectivity index (χ4n) is 1.95. The largest absolute Gasteiger partial charge is 0.488 e. The number of hydrogen-bond acceptors (Lipinski definition) is 2. The zero-order valence-electron chi connectivity index (χ0n) is 8.03. The molecule has 0 unspecified atom stereocenters. The summed E-state index contributed by atoms with van der Waals surface area (Å²) in [7, 11) is 0. The maximum atomic E-state index is 5.84. The predicted molar refractivity (Wildman–Crippen MR) is 52.9 cm³/mol. The Labute approximate surface area is 78.7 Å². The third-order valence-electron chi connectivity index (χ3n) is 2.68. The van der Waals surface area contributed by atoms with Gasteiger partial charge in [0.15, 0.2) is 0 Å². The van der Waals surface area contributed by atoms with Crippen LogP contribution < -0.4 is 10.5 Å². The maximum absolute atomic E-state index is 5.84. The molecule has 3 atom stereocenters. The van der Waals surface area contributed by atoms with Gasteiger partial charge in [-0.15, -0.1) is 0 Å². The Morgan fingerprint density at radius 2 is 2.08 bits per heavy atom. The van der Waals surface area contributed by atoms with Crippen LogP contribution in [0.25, 0.3) is 0 Å². The molecule has 2 heteroatoms. The molecule has 0 amide bonds. The van der Waals surface area contributed by atoms with E-state index in [1.165, 1.54) is 5.56 Å². The first-order valence-electron chi connectivity index (χ1n) is 4.71. The molecule has 0 radical (unpaired) electrons. The monoisotopic (exact) mass is 177 g/mol. The molecule has 1 aromatic carbocycles. The number of rotatable bonds is 1. The highest BCUT2D eigenvalue weighted by Gasteiger charge is 2.32. The molecule has 1 heterocycles. The fourth-order valence-corrected chi connectivity index (χ4v) is 1.95. The topological polar surface area (TPSA) is 35.2 Å². The van der Waals surface area contributed by atoms with Gasteiger partial charge < -0.3 is 10.5 Å². The van der Waals surface area contributed by atoms with Crippen LogP contribution in [0, 0.1) is 0 Å². The molecule has 0 fully saturated rings. The van der Waals surface area contributed by atoms with Gasteiger partial charge in [-0.25, -0.2) is 0 Å². The molecule has 0 bridgehead atoms. The van der Waals surface area contributed by atoms with Crippen LogP contribution in [0.5, 0.6) is 5.75 Å². The Morgan fingerprint density at radius 1 is 1.38 bits per heavy atom. The van der Waals surface area contributed by atoms with Gasteiger partial charge in [-0.2, -0.15) is 0 Å². The Hall–Kier alpha value is -1.02. The lowest BCUT2D eigenvalue weighted by atomic mass is 9.94. The van der Waals surface area contributed by atoms with Crippen LogP contribution in [-0.4, -0.2) is 12.1 Å². The van der Waals surface area contributed by atoms with Crippen molar-refractivity contribution in [2.24, 2.45) is 5.73 Å². The van der Waals surface area contributed by atoms with Crippen molar-refractivity contribution >= 4 is 0 Å². The minimum absolute atomic E-state index is 0.0856. The number of hydrogen-bond donors (Lipinski definition) is 1. The van der Waals surface area contributed by atoms with Crippen molar-refractivity contribution in [3.05, 3.63) is 29.8 Å². The smallest absolute Gasteiger partial charge is 0.123 e. The molecule has 0 aromatic heterocycles. The zero-order chi connectivity index (χ0) is 9.42. The van der Waals surface area contributed by atoms with Gasteiger partial charge in [-0.05, 0) is 13.0 Å². The normalized spacial score (nSPS) is 27.9. The number of benzene rings is 1.